The van der Waals surface area contributed by atoms with Gasteiger partial charge in [-0.1, -0.05) is 47.2 Å². The van der Waals surface area contributed by atoms with Crippen molar-refractivity contribution in [3.05, 3.63) is 58.1 Å². The van der Waals surface area contributed by atoms with Crippen LogP contribution in [-0.2, 0) is 6.42 Å². The maximum absolute atomic E-state index is 5.76. The van der Waals surface area contributed by atoms with Crippen molar-refractivity contribution >= 4 is 44.5 Å². The highest BCUT2D eigenvalue weighted by Crippen LogP contribution is 2.25. The number of nitrogens with one attached hydrogen (secondary N) is 1. The van der Waals surface area contributed by atoms with E-state index in [1.165, 1.54) is 5.56 Å². The third-order valence-corrected chi connectivity index (χ3v) is 3.57. The normalized spacial score (nSPS) is 10.2. The third kappa shape index (κ3) is 3.55. The standard InChI is InChI=1S/C15H15BrN2S/c1-2-10-4-3-5-12(8-10)18-14-7-6-11(16)9-13(14)15(17)19/h3-9,18H,2H2,1H3,(H2,17,19). The minimum Gasteiger partial charge on any atom is -0.389 e. The van der Waals surface area contributed by atoms with Crippen LogP contribution in [0, 0.1) is 0 Å². The molecule has 4 heteroatoms. The Hall–Kier alpha value is -1.39. The Morgan fingerprint density at radius 3 is 2.74 bits per heavy atom. The molecule has 0 fully saturated rings. The van der Waals surface area contributed by atoms with Crippen molar-refractivity contribution in [3.8, 4) is 0 Å². The Labute approximate surface area is 127 Å². The Bertz CT molecular complexity index is 611. The van der Waals surface area contributed by atoms with Crippen LogP contribution >= 0.6 is 28.1 Å². The number of rotatable bonds is 4. The van der Waals surface area contributed by atoms with Crippen molar-refractivity contribution in [2.24, 2.45) is 5.73 Å². The lowest BCUT2D eigenvalue weighted by Crippen LogP contribution is -2.12. The van der Waals surface area contributed by atoms with Crippen molar-refractivity contribution in [2.75, 3.05) is 5.32 Å². The van der Waals surface area contributed by atoms with E-state index in [2.05, 4.69) is 40.3 Å². The van der Waals surface area contributed by atoms with Gasteiger partial charge in [0.25, 0.3) is 0 Å². The maximum Gasteiger partial charge on any atom is 0.106 e. The summed E-state index contributed by atoms with van der Waals surface area (Å²) in [6.45, 7) is 2.14. The summed E-state index contributed by atoms with van der Waals surface area (Å²) in [5, 5.41) is 3.37. The first-order chi connectivity index (χ1) is 9.10. The summed E-state index contributed by atoms with van der Waals surface area (Å²) in [7, 11) is 0. The fraction of sp³-hybridized carbons (Fsp3) is 0.133. The van der Waals surface area contributed by atoms with Crippen LogP contribution in [0.2, 0.25) is 0 Å². The molecule has 0 bridgehead atoms. The molecule has 2 nitrogen and oxygen atoms in total. The minimum absolute atomic E-state index is 0.385. The molecule has 0 aromatic heterocycles. The highest BCUT2D eigenvalue weighted by atomic mass is 79.9. The number of halogens is 1. The molecular formula is C15H15BrN2S. The van der Waals surface area contributed by atoms with Crippen LogP contribution in [0.4, 0.5) is 11.4 Å². The van der Waals surface area contributed by atoms with Gasteiger partial charge in [0.05, 0.1) is 0 Å². The molecule has 2 aromatic rings. The molecule has 98 valence electrons. The van der Waals surface area contributed by atoms with E-state index in [0.717, 1.165) is 27.8 Å². The minimum atomic E-state index is 0.385. The van der Waals surface area contributed by atoms with Gasteiger partial charge in [-0.15, -0.1) is 0 Å². The van der Waals surface area contributed by atoms with Gasteiger partial charge in [0, 0.05) is 21.4 Å². The first-order valence-electron chi connectivity index (χ1n) is 6.05. The molecule has 2 rings (SSSR count). The Morgan fingerprint density at radius 1 is 1.26 bits per heavy atom. The number of aryl methyl sites for hydroxylation is 1. The van der Waals surface area contributed by atoms with E-state index >= 15 is 0 Å². The predicted molar refractivity (Wildman–Crippen MR) is 89.1 cm³/mol. The first kappa shape index (κ1) is 14.0. The molecule has 19 heavy (non-hydrogen) atoms. The molecule has 0 aliphatic rings. The molecule has 3 N–H and O–H groups in total. The lowest BCUT2D eigenvalue weighted by Gasteiger charge is -2.12. The van der Waals surface area contributed by atoms with Gasteiger partial charge in [-0.3, -0.25) is 0 Å². The van der Waals surface area contributed by atoms with Gasteiger partial charge in [-0.05, 0) is 42.3 Å². The largest absolute Gasteiger partial charge is 0.389 e. The highest BCUT2D eigenvalue weighted by molar-refractivity contribution is 9.10. The molecule has 0 atom stereocenters. The molecule has 0 aliphatic carbocycles. The number of hydrogen-bond acceptors (Lipinski definition) is 2. The van der Waals surface area contributed by atoms with Crippen molar-refractivity contribution in [1.82, 2.24) is 0 Å². The third-order valence-electron chi connectivity index (χ3n) is 2.86. The van der Waals surface area contributed by atoms with E-state index in [1.54, 1.807) is 0 Å². The van der Waals surface area contributed by atoms with Crippen molar-refractivity contribution in [3.63, 3.8) is 0 Å². The van der Waals surface area contributed by atoms with Crippen molar-refractivity contribution in [1.29, 1.82) is 0 Å². The second kappa shape index (κ2) is 6.17. The highest BCUT2D eigenvalue weighted by Gasteiger charge is 2.06. The smallest absolute Gasteiger partial charge is 0.106 e. The number of anilines is 2. The second-order valence-corrected chi connectivity index (χ2v) is 5.59. The number of hydrogen-bond donors (Lipinski definition) is 2. The van der Waals surface area contributed by atoms with Crippen LogP contribution in [0.25, 0.3) is 0 Å². The van der Waals surface area contributed by atoms with Crippen LogP contribution < -0.4 is 11.1 Å². The summed E-state index contributed by atoms with van der Waals surface area (Å²) in [5.41, 5.74) is 9.85. The van der Waals surface area contributed by atoms with Crippen LogP contribution in [0.5, 0.6) is 0 Å². The average molecular weight is 335 g/mol. The van der Waals surface area contributed by atoms with E-state index in [9.17, 15) is 0 Å². The molecular weight excluding hydrogens is 320 g/mol. The Morgan fingerprint density at radius 2 is 2.05 bits per heavy atom. The lowest BCUT2D eigenvalue weighted by molar-refractivity contribution is 1.14. The zero-order chi connectivity index (χ0) is 13.8. The van der Waals surface area contributed by atoms with Crippen LogP contribution in [0.3, 0.4) is 0 Å². The molecule has 0 amide bonds. The molecule has 0 aliphatic heterocycles. The summed E-state index contributed by atoms with van der Waals surface area (Å²) in [6, 6.07) is 14.2. The molecule has 0 saturated heterocycles. The Balaban J connectivity index is 2.34. The number of nitrogens with two attached hydrogens (primary N) is 1. The van der Waals surface area contributed by atoms with Gasteiger partial charge < -0.3 is 11.1 Å². The summed E-state index contributed by atoms with van der Waals surface area (Å²) >= 11 is 8.52. The van der Waals surface area contributed by atoms with Gasteiger partial charge in [0.1, 0.15) is 4.99 Å². The van der Waals surface area contributed by atoms with Crippen LogP contribution in [-0.4, -0.2) is 4.99 Å². The van der Waals surface area contributed by atoms with Gasteiger partial charge in [0.2, 0.25) is 0 Å². The second-order valence-electron chi connectivity index (χ2n) is 4.23. The molecule has 0 saturated carbocycles. The summed E-state index contributed by atoms with van der Waals surface area (Å²) in [4.78, 5) is 0.385. The number of thiocarbonyl (C=S) groups is 1. The number of benzene rings is 2. The van der Waals surface area contributed by atoms with E-state index < -0.39 is 0 Å². The topological polar surface area (TPSA) is 38.0 Å². The molecule has 0 heterocycles. The first-order valence-corrected chi connectivity index (χ1v) is 7.25. The van der Waals surface area contributed by atoms with E-state index in [1.807, 2.05) is 30.3 Å². The summed E-state index contributed by atoms with van der Waals surface area (Å²) < 4.78 is 0.961. The monoisotopic (exact) mass is 334 g/mol. The zero-order valence-electron chi connectivity index (χ0n) is 10.6. The van der Waals surface area contributed by atoms with Crippen molar-refractivity contribution < 1.29 is 0 Å². The Kier molecular flexibility index (Phi) is 4.56. The SMILES string of the molecule is CCc1cccc(Nc2ccc(Br)cc2C(N)=S)c1. The van der Waals surface area contributed by atoms with Crippen LogP contribution in [0.15, 0.2) is 46.9 Å². The fourth-order valence-electron chi connectivity index (χ4n) is 1.85. The van der Waals surface area contributed by atoms with Gasteiger partial charge in [-0.2, -0.15) is 0 Å². The summed E-state index contributed by atoms with van der Waals surface area (Å²) in [6.07, 6.45) is 1.01. The zero-order valence-corrected chi connectivity index (χ0v) is 13.0. The molecule has 0 radical (unpaired) electrons. The van der Waals surface area contributed by atoms with E-state index in [0.29, 0.717) is 4.99 Å². The van der Waals surface area contributed by atoms with E-state index in [4.69, 9.17) is 18.0 Å². The average Bonchev–Trinajstić information content (AvgIpc) is 2.41. The fourth-order valence-corrected chi connectivity index (χ4v) is 2.38. The van der Waals surface area contributed by atoms with Crippen LogP contribution in [0.1, 0.15) is 18.1 Å². The predicted octanol–water partition coefficient (Wildman–Crippen LogP) is 4.39. The van der Waals surface area contributed by atoms with Gasteiger partial charge in [0.15, 0.2) is 0 Å². The van der Waals surface area contributed by atoms with Gasteiger partial charge in [-0.25, -0.2) is 0 Å². The van der Waals surface area contributed by atoms with Gasteiger partial charge >= 0.3 is 0 Å². The molecule has 2 aromatic carbocycles. The molecule has 0 spiro atoms. The lowest BCUT2D eigenvalue weighted by atomic mass is 10.1. The quantitative estimate of drug-likeness (QED) is 0.814. The molecule has 0 unspecified atom stereocenters. The summed E-state index contributed by atoms with van der Waals surface area (Å²) in [5.74, 6) is 0. The maximum atomic E-state index is 5.76. The van der Waals surface area contributed by atoms with E-state index in [-0.39, 0.29) is 0 Å². The van der Waals surface area contributed by atoms with Crippen molar-refractivity contribution in [2.45, 2.75) is 13.3 Å².